The highest BCUT2D eigenvalue weighted by Gasteiger charge is 2.20. The van der Waals surface area contributed by atoms with Crippen LogP contribution < -0.4 is 0 Å². The Morgan fingerprint density at radius 1 is 0.367 bits per heavy atom. The van der Waals surface area contributed by atoms with Crippen LogP contribution in [0.5, 0.6) is 0 Å². The quantitative estimate of drug-likeness (QED) is 0.182. The van der Waals surface area contributed by atoms with Crippen molar-refractivity contribution in [2.45, 2.75) is 0 Å². The largest absolute Gasteiger partial charge is 0.309 e. The van der Waals surface area contributed by atoms with Crippen LogP contribution in [0.1, 0.15) is 0 Å². The highest BCUT2D eigenvalue weighted by atomic mass is 32.1. The second-order valence-corrected chi connectivity index (χ2v) is 14.0. The lowest BCUT2D eigenvalue weighted by Crippen LogP contribution is -1.95. The minimum Gasteiger partial charge on any atom is -0.309 e. The predicted octanol–water partition coefficient (Wildman–Crippen LogP) is 13.1. The first-order valence-electron chi connectivity index (χ1n) is 16.8. The fourth-order valence-electron chi connectivity index (χ4n) is 8.16. The van der Waals surface area contributed by atoms with E-state index in [1.54, 1.807) is 0 Å². The minimum absolute atomic E-state index is 1.18. The number of hydrogen-bond acceptors (Lipinski definition) is 1. The topological polar surface area (TPSA) is 9.86 Å². The van der Waals surface area contributed by atoms with Crippen molar-refractivity contribution in [3.05, 3.63) is 170 Å². The Balaban J connectivity index is 1.21. The molecule has 0 saturated carbocycles. The van der Waals surface area contributed by atoms with E-state index in [0.29, 0.717) is 0 Å². The monoisotopic (exact) mass is 640 g/mol. The Kier molecular flexibility index (Phi) is 5.57. The molecule has 2 nitrogen and oxygen atoms in total. The van der Waals surface area contributed by atoms with Crippen molar-refractivity contribution in [1.29, 1.82) is 0 Å². The van der Waals surface area contributed by atoms with Gasteiger partial charge in [-0.05, 0) is 77.2 Å². The van der Waals surface area contributed by atoms with Crippen molar-refractivity contribution in [2.75, 3.05) is 0 Å². The number of para-hydroxylation sites is 2. The summed E-state index contributed by atoms with van der Waals surface area (Å²) in [5.41, 5.74) is 9.77. The molecule has 0 amide bonds. The first-order chi connectivity index (χ1) is 24.3. The zero-order valence-electron chi connectivity index (χ0n) is 26.5. The Morgan fingerprint density at radius 2 is 1.00 bits per heavy atom. The minimum atomic E-state index is 1.18. The summed E-state index contributed by atoms with van der Waals surface area (Å²) in [6.45, 7) is 0. The van der Waals surface area contributed by atoms with Gasteiger partial charge < -0.3 is 9.13 Å². The summed E-state index contributed by atoms with van der Waals surface area (Å²) in [6, 6.07) is 62.4. The van der Waals surface area contributed by atoms with Gasteiger partial charge in [0.2, 0.25) is 0 Å². The Hall–Kier alpha value is -6.16. The average Bonchev–Trinajstić information content (AvgIpc) is 3.82. The van der Waals surface area contributed by atoms with E-state index in [9.17, 15) is 0 Å². The molecule has 0 atom stereocenters. The molecule has 0 saturated heterocycles. The SMILES string of the molecule is c1ccc(-n2c3ccccc3c3cc(-c4ccc5c(c4)c4ccc6sc7ccccc7c6c4n5-c4cccc5ccccc45)ccc32)cc1. The molecule has 0 bridgehead atoms. The molecule has 0 aliphatic rings. The summed E-state index contributed by atoms with van der Waals surface area (Å²) < 4.78 is 7.54. The van der Waals surface area contributed by atoms with Crippen LogP contribution >= 0.6 is 11.3 Å². The van der Waals surface area contributed by atoms with Gasteiger partial charge in [-0.2, -0.15) is 0 Å². The molecule has 11 rings (SSSR count). The molecule has 49 heavy (non-hydrogen) atoms. The lowest BCUT2D eigenvalue weighted by Gasteiger charge is -2.13. The van der Waals surface area contributed by atoms with Crippen LogP contribution in [-0.4, -0.2) is 9.13 Å². The number of fused-ring (bicyclic) bond motifs is 11. The van der Waals surface area contributed by atoms with Gasteiger partial charge in [-0.3, -0.25) is 0 Å². The van der Waals surface area contributed by atoms with Crippen LogP contribution in [0.3, 0.4) is 0 Å². The van der Waals surface area contributed by atoms with Crippen molar-refractivity contribution >= 4 is 85.9 Å². The van der Waals surface area contributed by atoms with Gasteiger partial charge >= 0.3 is 0 Å². The third-order valence-corrected chi connectivity index (χ3v) is 11.4. The molecule has 0 radical (unpaired) electrons. The van der Waals surface area contributed by atoms with Gasteiger partial charge in [0.25, 0.3) is 0 Å². The molecule has 0 aliphatic carbocycles. The van der Waals surface area contributed by atoms with Gasteiger partial charge in [0, 0.05) is 52.8 Å². The normalized spacial score (nSPS) is 12.1. The number of aromatic nitrogens is 2. The Bertz CT molecular complexity index is 3100. The fourth-order valence-corrected chi connectivity index (χ4v) is 9.26. The van der Waals surface area contributed by atoms with Crippen LogP contribution in [0.15, 0.2) is 170 Å². The molecule has 3 heterocycles. The fraction of sp³-hybridized carbons (Fsp3) is 0. The highest BCUT2D eigenvalue weighted by Crippen LogP contribution is 2.45. The molecule has 3 heteroatoms. The maximum Gasteiger partial charge on any atom is 0.0634 e. The molecule has 0 spiro atoms. The van der Waals surface area contributed by atoms with E-state index < -0.39 is 0 Å². The second-order valence-electron chi connectivity index (χ2n) is 12.9. The zero-order valence-corrected chi connectivity index (χ0v) is 27.3. The third kappa shape index (κ3) is 3.82. The van der Waals surface area contributed by atoms with Crippen LogP contribution in [0.4, 0.5) is 0 Å². The summed E-state index contributed by atoms with van der Waals surface area (Å²) in [7, 11) is 0. The van der Waals surface area contributed by atoms with Crippen molar-refractivity contribution in [2.24, 2.45) is 0 Å². The molecule has 0 aliphatic heterocycles. The first-order valence-corrected chi connectivity index (χ1v) is 17.6. The van der Waals surface area contributed by atoms with Crippen LogP contribution in [0.2, 0.25) is 0 Å². The van der Waals surface area contributed by atoms with Crippen LogP contribution in [0.25, 0.3) is 97.1 Å². The standard InChI is InChI=1S/C46H28N2S/c1-2-13-32(14-3-1)47-40-18-8-6-16-34(40)37-27-30(21-24-41(37)47)31-22-25-42-38(28-31)35-23-26-44-45(36-17-7-9-20-43(36)49-44)46(35)48(42)39-19-10-12-29-11-4-5-15-33(29)39/h1-28H. The van der Waals surface area contributed by atoms with Gasteiger partial charge in [-0.25, -0.2) is 0 Å². The number of rotatable bonds is 3. The van der Waals surface area contributed by atoms with Crippen molar-refractivity contribution in [1.82, 2.24) is 9.13 Å². The molecule has 0 unspecified atom stereocenters. The van der Waals surface area contributed by atoms with E-state index in [4.69, 9.17) is 0 Å². The first kappa shape index (κ1) is 26.9. The van der Waals surface area contributed by atoms with Gasteiger partial charge in [0.05, 0.1) is 27.8 Å². The van der Waals surface area contributed by atoms with Gasteiger partial charge in [-0.15, -0.1) is 11.3 Å². The van der Waals surface area contributed by atoms with Gasteiger partial charge in [0.15, 0.2) is 0 Å². The lowest BCUT2D eigenvalue weighted by atomic mass is 10.00. The molecule has 0 N–H and O–H groups in total. The van der Waals surface area contributed by atoms with E-state index in [0.717, 1.165) is 0 Å². The zero-order chi connectivity index (χ0) is 32.1. The molecule has 11 aromatic rings. The summed E-state index contributed by atoms with van der Waals surface area (Å²) in [6.07, 6.45) is 0. The Labute approximate surface area is 286 Å². The summed E-state index contributed by atoms with van der Waals surface area (Å²) in [4.78, 5) is 0. The lowest BCUT2D eigenvalue weighted by molar-refractivity contribution is 1.18. The molecule has 228 valence electrons. The number of nitrogens with zero attached hydrogens (tertiary/aromatic N) is 2. The maximum atomic E-state index is 2.52. The highest BCUT2D eigenvalue weighted by molar-refractivity contribution is 7.26. The smallest absolute Gasteiger partial charge is 0.0634 e. The summed E-state index contributed by atoms with van der Waals surface area (Å²) in [5.74, 6) is 0. The summed E-state index contributed by atoms with van der Waals surface area (Å²) >= 11 is 1.88. The molecular formula is C46H28N2S. The van der Waals surface area contributed by atoms with Crippen molar-refractivity contribution in [3.8, 4) is 22.5 Å². The Morgan fingerprint density at radius 3 is 1.84 bits per heavy atom. The molecule has 8 aromatic carbocycles. The number of benzene rings is 8. The predicted molar refractivity (Wildman–Crippen MR) is 211 cm³/mol. The van der Waals surface area contributed by atoms with Crippen molar-refractivity contribution in [3.63, 3.8) is 0 Å². The van der Waals surface area contributed by atoms with E-state index in [2.05, 4.69) is 179 Å². The van der Waals surface area contributed by atoms with Crippen molar-refractivity contribution < 1.29 is 0 Å². The van der Waals surface area contributed by atoms with Gasteiger partial charge in [0.1, 0.15) is 0 Å². The second kappa shape index (κ2) is 10.2. The molecule has 0 fully saturated rings. The van der Waals surface area contributed by atoms with Gasteiger partial charge in [-0.1, -0.05) is 109 Å². The molecular weight excluding hydrogens is 613 g/mol. The maximum absolute atomic E-state index is 2.52. The van der Waals surface area contributed by atoms with E-state index in [1.807, 2.05) is 11.3 Å². The van der Waals surface area contributed by atoms with Crippen LogP contribution in [-0.2, 0) is 0 Å². The molecule has 3 aromatic heterocycles. The number of hydrogen-bond donors (Lipinski definition) is 0. The number of thiophene rings is 1. The van der Waals surface area contributed by atoms with Crippen LogP contribution in [0, 0.1) is 0 Å². The van der Waals surface area contributed by atoms with E-state index in [1.165, 1.54) is 97.1 Å². The van der Waals surface area contributed by atoms with E-state index in [-0.39, 0.29) is 0 Å². The summed E-state index contributed by atoms with van der Waals surface area (Å²) in [5, 5.41) is 10.2. The third-order valence-electron chi connectivity index (χ3n) is 10.3. The average molecular weight is 641 g/mol. The van der Waals surface area contributed by atoms with E-state index >= 15 is 0 Å².